The monoisotopic (exact) mass is 270 g/mol. The molecule has 0 spiro atoms. The SMILES string of the molecule is CC(=O)c1cc(F)ccc1OC/C=C/c1ccccc1. The van der Waals surface area contributed by atoms with E-state index < -0.39 is 5.82 Å². The highest BCUT2D eigenvalue weighted by Crippen LogP contribution is 2.20. The normalized spacial score (nSPS) is 10.7. The maximum absolute atomic E-state index is 13.1. The van der Waals surface area contributed by atoms with Gasteiger partial charge in [-0.2, -0.15) is 0 Å². The Bertz CT molecular complexity index is 618. The molecule has 0 aliphatic rings. The Labute approximate surface area is 117 Å². The van der Waals surface area contributed by atoms with Crippen LogP contribution in [0.25, 0.3) is 6.08 Å². The van der Waals surface area contributed by atoms with E-state index in [0.717, 1.165) is 5.56 Å². The minimum atomic E-state index is -0.442. The fourth-order valence-corrected chi connectivity index (χ4v) is 1.79. The molecule has 0 saturated heterocycles. The van der Waals surface area contributed by atoms with Gasteiger partial charge in [0.25, 0.3) is 0 Å². The number of benzene rings is 2. The molecule has 0 aromatic heterocycles. The first kappa shape index (κ1) is 14.0. The Hall–Kier alpha value is -2.42. The zero-order valence-corrected chi connectivity index (χ0v) is 11.2. The molecule has 0 heterocycles. The summed E-state index contributed by atoms with van der Waals surface area (Å²) in [5, 5.41) is 0. The maximum atomic E-state index is 13.1. The molecule has 0 amide bonds. The van der Waals surface area contributed by atoms with Crippen molar-refractivity contribution >= 4 is 11.9 Å². The molecule has 0 bridgehead atoms. The van der Waals surface area contributed by atoms with Crippen LogP contribution >= 0.6 is 0 Å². The summed E-state index contributed by atoms with van der Waals surface area (Å²) in [5.41, 5.74) is 1.33. The van der Waals surface area contributed by atoms with Crippen molar-refractivity contribution in [2.75, 3.05) is 6.61 Å². The number of halogens is 1. The number of ketones is 1. The number of hydrogen-bond donors (Lipinski definition) is 0. The zero-order valence-electron chi connectivity index (χ0n) is 11.2. The lowest BCUT2D eigenvalue weighted by Gasteiger charge is -2.07. The van der Waals surface area contributed by atoms with E-state index in [-0.39, 0.29) is 11.3 Å². The highest BCUT2D eigenvalue weighted by molar-refractivity contribution is 5.96. The second-order valence-electron chi connectivity index (χ2n) is 4.32. The predicted molar refractivity (Wildman–Crippen MR) is 77.4 cm³/mol. The summed E-state index contributed by atoms with van der Waals surface area (Å²) in [6, 6.07) is 13.8. The number of carbonyl (C=O) groups is 1. The van der Waals surface area contributed by atoms with Crippen LogP contribution in [0, 0.1) is 5.82 Å². The first-order chi connectivity index (χ1) is 9.66. The number of carbonyl (C=O) groups excluding carboxylic acids is 1. The van der Waals surface area contributed by atoms with Crippen molar-refractivity contribution in [2.24, 2.45) is 0 Å². The Kier molecular flexibility index (Phi) is 4.66. The van der Waals surface area contributed by atoms with E-state index >= 15 is 0 Å². The van der Waals surface area contributed by atoms with E-state index in [1.54, 1.807) is 0 Å². The van der Waals surface area contributed by atoms with E-state index in [4.69, 9.17) is 4.74 Å². The molecule has 0 atom stereocenters. The van der Waals surface area contributed by atoms with Crippen molar-refractivity contribution < 1.29 is 13.9 Å². The quantitative estimate of drug-likeness (QED) is 0.764. The summed E-state index contributed by atoms with van der Waals surface area (Å²) < 4.78 is 18.6. The van der Waals surface area contributed by atoms with Crippen molar-refractivity contribution in [3.05, 3.63) is 71.6 Å². The molecule has 2 aromatic carbocycles. The topological polar surface area (TPSA) is 26.3 Å². The molecule has 0 fully saturated rings. The van der Waals surface area contributed by atoms with E-state index in [1.165, 1.54) is 25.1 Å². The van der Waals surface area contributed by atoms with Gasteiger partial charge in [-0.05, 0) is 36.8 Å². The number of Topliss-reactive ketones (excluding diaryl/α,β-unsaturated/α-hetero) is 1. The van der Waals surface area contributed by atoms with Crippen LogP contribution in [-0.4, -0.2) is 12.4 Å². The number of ether oxygens (including phenoxy) is 1. The molecular weight excluding hydrogens is 255 g/mol. The van der Waals surface area contributed by atoms with Crippen molar-refractivity contribution in [3.8, 4) is 5.75 Å². The second-order valence-corrected chi connectivity index (χ2v) is 4.32. The van der Waals surface area contributed by atoms with Gasteiger partial charge in [0.05, 0.1) is 5.56 Å². The molecule has 20 heavy (non-hydrogen) atoms. The smallest absolute Gasteiger partial charge is 0.163 e. The third kappa shape index (κ3) is 3.79. The number of rotatable bonds is 5. The third-order valence-electron chi connectivity index (χ3n) is 2.77. The van der Waals surface area contributed by atoms with Gasteiger partial charge in [-0.25, -0.2) is 4.39 Å². The van der Waals surface area contributed by atoms with Crippen molar-refractivity contribution in [3.63, 3.8) is 0 Å². The Balaban J connectivity index is 2.01. The molecular formula is C17H15FO2. The Morgan fingerprint density at radius 3 is 2.65 bits per heavy atom. The second kappa shape index (κ2) is 6.66. The van der Waals surface area contributed by atoms with Crippen LogP contribution in [-0.2, 0) is 0 Å². The molecule has 0 radical (unpaired) electrons. The first-order valence-electron chi connectivity index (χ1n) is 6.31. The average Bonchev–Trinajstić information content (AvgIpc) is 2.45. The summed E-state index contributed by atoms with van der Waals surface area (Å²) >= 11 is 0. The van der Waals surface area contributed by atoms with Crippen LogP contribution in [0.5, 0.6) is 5.75 Å². The lowest BCUT2D eigenvalue weighted by Crippen LogP contribution is -2.01. The Morgan fingerprint density at radius 2 is 1.95 bits per heavy atom. The zero-order chi connectivity index (χ0) is 14.4. The molecule has 0 unspecified atom stereocenters. The van der Waals surface area contributed by atoms with E-state index in [0.29, 0.717) is 12.4 Å². The highest BCUT2D eigenvalue weighted by atomic mass is 19.1. The molecule has 0 saturated carbocycles. The largest absolute Gasteiger partial charge is 0.489 e. The Morgan fingerprint density at radius 1 is 1.20 bits per heavy atom. The molecule has 0 aliphatic heterocycles. The fourth-order valence-electron chi connectivity index (χ4n) is 1.79. The molecule has 2 nitrogen and oxygen atoms in total. The van der Waals surface area contributed by atoms with Gasteiger partial charge in [-0.15, -0.1) is 0 Å². The van der Waals surface area contributed by atoms with Crippen LogP contribution in [0.2, 0.25) is 0 Å². The van der Waals surface area contributed by atoms with Gasteiger partial charge >= 0.3 is 0 Å². The summed E-state index contributed by atoms with van der Waals surface area (Å²) in [7, 11) is 0. The first-order valence-corrected chi connectivity index (χ1v) is 6.31. The number of hydrogen-bond acceptors (Lipinski definition) is 2. The lowest BCUT2D eigenvalue weighted by molar-refractivity contribution is 0.101. The van der Waals surface area contributed by atoms with Crippen LogP contribution in [0.1, 0.15) is 22.8 Å². The summed E-state index contributed by atoms with van der Waals surface area (Å²) in [4.78, 5) is 11.4. The van der Waals surface area contributed by atoms with Crippen LogP contribution in [0.4, 0.5) is 4.39 Å². The molecule has 2 aromatic rings. The molecule has 0 aliphatic carbocycles. The lowest BCUT2D eigenvalue weighted by atomic mass is 10.1. The molecule has 2 rings (SSSR count). The average molecular weight is 270 g/mol. The summed E-state index contributed by atoms with van der Waals surface area (Å²) in [6.45, 7) is 1.71. The van der Waals surface area contributed by atoms with Crippen molar-refractivity contribution in [1.29, 1.82) is 0 Å². The highest BCUT2D eigenvalue weighted by Gasteiger charge is 2.09. The van der Waals surface area contributed by atoms with Crippen molar-refractivity contribution in [2.45, 2.75) is 6.92 Å². The third-order valence-corrected chi connectivity index (χ3v) is 2.77. The van der Waals surface area contributed by atoms with Gasteiger partial charge in [-0.3, -0.25) is 4.79 Å². The van der Waals surface area contributed by atoms with Gasteiger partial charge in [0.15, 0.2) is 5.78 Å². The van der Waals surface area contributed by atoms with Gasteiger partial charge in [0.1, 0.15) is 18.2 Å². The van der Waals surface area contributed by atoms with Crippen LogP contribution in [0.3, 0.4) is 0 Å². The van der Waals surface area contributed by atoms with E-state index in [1.807, 2.05) is 42.5 Å². The fraction of sp³-hybridized carbons (Fsp3) is 0.118. The van der Waals surface area contributed by atoms with Gasteiger partial charge in [-0.1, -0.05) is 36.4 Å². The van der Waals surface area contributed by atoms with Crippen LogP contribution < -0.4 is 4.74 Å². The minimum absolute atomic E-state index is 0.216. The van der Waals surface area contributed by atoms with Crippen LogP contribution in [0.15, 0.2) is 54.6 Å². The van der Waals surface area contributed by atoms with E-state index in [2.05, 4.69) is 0 Å². The summed E-state index contributed by atoms with van der Waals surface area (Å²) in [6.07, 6.45) is 3.78. The maximum Gasteiger partial charge on any atom is 0.163 e. The van der Waals surface area contributed by atoms with Gasteiger partial charge in [0.2, 0.25) is 0 Å². The standard InChI is InChI=1S/C17H15FO2/c1-13(19)16-12-15(18)9-10-17(16)20-11-5-8-14-6-3-2-4-7-14/h2-10,12H,11H2,1H3/b8-5+. The summed E-state index contributed by atoms with van der Waals surface area (Å²) in [5.74, 6) is -0.259. The van der Waals surface area contributed by atoms with Crippen molar-refractivity contribution in [1.82, 2.24) is 0 Å². The van der Waals surface area contributed by atoms with Gasteiger partial charge in [0, 0.05) is 0 Å². The molecule has 0 N–H and O–H groups in total. The predicted octanol–water partition coefficient (Wildman–Crippen LogP) is 4.12. The van der Waals surface area contributed by atoms with E-state index in [9.17, 15) is 9.18 Å². The molecule has 102 valence electrons. The molecule has 3 heteroatoms. The van der Waals surface area contributed by atoms with Gasteiger partial charge < -0.3 is 4.74 Å². The minimum Gasteiger partial charge on any atom is -0.489 e.